The summed E-state index contributed by atoms with van der Waals surface area (Å²) in [5.41, 5.74) is -8.50. The Bertz CT molecular complexity index is 2060. The molecule has 13 heteroatoms. The van der Waals surface area contributed by atoms with Gasteiger partial charge in [-0.2, -0.15) is 0 Å². The van der Waals surface area contributed by atoms with Crippen LogP contribution < -0.4 is 0 Å². The van der Waals surface area contributed by atoms with Gasteiger partial charge in [-0.25, -0.2) is 9.59 Å². The normalized spacial score (nSPS) is 52.8. The number of epoxide rings is 1. The lowest BCUT2D eigenvalue weighted by Crippen LogP contribution is -2.89. The van der Waals surface area contributed by atoms with Gasteiger partial charge >= 0.3 is 17.9 Å². The first-order valence-electron chi connectivity index (χ1n) is 21.2. The van der Waals surface area contributed by atoms with Gasteiger partial charge < -0.3 is 54.0 Å². The van der Waals surface area contributed by atoms with Crippen LogP contribution in [0.2, 0.25) is 0 Å². The third-order valence-corrected chi connectivity index (χ3v) is 16.2. The Morgan fingerprint density at radius 3 is 2.29 bits per heavy atom. The number of aliphatic hydroxyl groups is 5. The topological polar surface area (TPSA) is 194 Å². The summed E-state index contributed by atoms with van der Waals surface area (Å²) in [6.07, 6.45) is 0.608. The number of benzene rings is 2. The molecule has 5 N–H and O–H groups in total. The van der Waals surface area contributed by atoms with E-state index in [1.54, 1.807) is 55.5 Å². The molecule has 8 fully saturated rings. The molecular formula is C46H54O13. The van der Waals surface area contributed by atoms with Crippen LogP contribution in [-0.4, -0.2) is 109 Å². The van der Waals surface area contributed by atoms with Gasteiger partial charge in [-0.3, -0.25) is 0 Å². The molecule has 4 saturated heterocycles. The van der Waals surface area contributed by atoms with E-state index in [4.69, 9.17) is 28.4 Å². The first-order valence-corrected chi connectivity index (χ1v) is 21.2. The number of ether oxygens (including phenoxy) is 6. The molecule has 6 heterocycles. The van der Waals surface area contributed by atoms with Gasteiger partial charge in [0.1, 0.15) is 53.4 Å². The molecule has 59 heavy (non-hydrogen) atoms. The van der Waals surface area contributed by atoms with E-state index in [0.29, 0.717) is 24.0 Å². The van der Waals surface area contributed by atoms with E-state index in [9.17, 15) is 35.1 Å². The van der Waals surface area contributed by atoms with Gasteiger partial charge in [-0.15, -0.1) is 0 Å². The molecule has 11 bridgehead atoms. The summed E-state index contributed by atoms with van der Waals surface area (Å²) in [7, 11) is 0. The van der Waals surface area contributed by atoms with Gasteiger partial charge in [0.15, 0.2) is 0 Å². The minimum Gasteiger partial charge on any atom is -0.456 e. The summed E-state index contributed by atoms with van der Waals surface area (Å²) < 4.78 is 39.7. The van der Waals surface area contributed by atoms with E-state index in [-0.39, 0.29) is 30.6 Å². The van der Waals surface area contributed by atoms with E-state index in [2.05, 4.69) is 6.92 Å². The van der Waals surface area contributed by atoms with Crippen molar-refractivity contribution in [3.05, 3.63) is 96.1 Å². The minimum atomic E-state index is -2.22. The van der Waals surface area contributed by atoms with Crippen molar-refractivity contribution >= 4 is 11.9 Å². The van der Waals surface area contributed by atoms with Crippen LogP contribution in [-0.2, 0) is 39.2 Å². The van der Waals surface area contributed by atoms with E-state index in [1.165, 1.54) is 12.2 Å². The van der Waals surface area contributed by atoms with E-state index in [0.717, 1.165) is 0 Å². The number of aliphatic hydroxyl groups excluding tert-OH is 2. The molecule has 0 aromatic heterocycles. The zero-order valence-electron chi connectivity index (χ0n) is 33.6. The van der Waals surface area contributed by atoms with Crippen LogP contribution >= 0.6 is 0 Å². The molecule has 316 valence electrons. The smallest absolute Gasteiger partial charge is 0.338 e. The molecule has 1 spiro atoms. The first kappa shape index (κ1) is 39.6. The Kier molecular flexibility index (Phi) is 8.90. The maximum atomic E-state index is 13.7. The van der Waals surface area contributed by atoms with Crippen molar-refractivity contribution in [2.45, 2.75) is 124 Å². The third-order valence-electron chi connectivity index (χ3n) is 16.2. The largest absolute Gasteiger partial charge is 0.456 e. The van der Waals surface area contributed by atoms with Crippen molar-refractivity contribution in [1.82, 2.24) is 0 Å². The summed E-state index contributed by atoms with van der Waals surface area (Å²) in [5, 5.41) is 63.4. The van der Waals surface area contributed by atoms with Crippen molar-refractivity contribution in [2.24, 2.45) is 41.4 Å². The molecule has 6 aliphatic heterocycles. The number of carbonyl (C=O) groups excluding carboxylic acids is 2. The van der Waals surface area contributed by atoms with Gasteiger partial charge in [0, 0.05) is 35.3 Å². The second-order valence-corrected chi connectivity index (χ2v) is 19.0. The quantitative estimate of drug-likeness (QED) is 0.223. The molecular weight excluding hydrogens is 760 g/mol. The van der Waals surface area contributed by atoms with Crippen LogP contribution in [0.15, 0.2) is 85.0 Å². The summed E-state index contributed by atoms with van der Waals surface area (Å²) in [6.45, 7) is 6.66. The van der Waals surface area contributed by atoms with Gasteiger partial charge in [-0.1, -0.05) is 81.5 Å². The number of esters is 2. The van der Waals surface area contributed by atoms with Crippen LogP contribution in [0.3, 0.4) is 0 Å². The summed E-state index contributed by atoms with van der Waals surface area (Å²) in [5.74, 6) is -6.79. The lowest BCUT2D eigenvalue weighted by atomic mass is 9.49. The van der Waals surface area contributed by atoms with E-state index < -0.39 is 113 Å². The highest BCUT2D eigenvalue weighted by atomic mass is 16.9. The summed E-state index contributed by atoms with van der Waals surface area (Å²) in [4.78, 5) is 27.2. The molecule has 0 amide bonds. The number of allylic oxidation sites excluding steroid dienone is 2. The second kappa shape index (κ2) is 13.3. The number of hydrogen-bond donors (Lipinski definition) is 5. The zero-order chi connectivity index (χ0) is 41.5. The fourth-order valence-corrected chi connectivity index (χ4v) is 13.3. The molecule has 2 aromatic rings. The average molecular weight is 815 g/mol. The molecule has 2 aromatic carbocycles. The van der Waals surface area contributed by atoms with Gasteiger partial charge in [0.25, 0.3) is 0 Å². The van der Waals surface area contributed by atoms with Gasteiger partial charge in [-0.05, 0) is 68.6 Å². The molecule has 13 nitrogen and oxygen atoms in total. The van der Waals surface area contributed by atoms with Crippen molar-refractivity contribution in [3.8, 4) is 0 Å². The minimum absolute atomic E-state index is 0.102. The summed E-state index contributed by atoms with van der Waals surface area (Å²) >= 11 is 0. The van der Waals surface area contributed by atoms with Gasteiger partial charge in [0.05, 0.1) is 23.4 Å². The lowest BCUT2D eigenvalue weighted by Gasteiger charge is -2.74. The van der Waals surface area contributed by atoms with Crippen molar-refractivity contribution in [1.29, 1.82) is 0 Å². The Morgan fingerprint density at radius 1 is 0.881 bits per heavy atom. The van der Waals surface area contributed by atoms with Crippen LogP contribution in [0.4, 0.5) is 0 Å². The number of carbonyl (C=O) groups is 2. The third kappa shape index (κ3) is 5.17. The standard InChI is InChI=1S/C46H54O13/c1-24-21-32-43(52)35(24)55-33(48)18-12-11-17-31(54-39(49)27-13-7-5-8-14-27)30-20-19-28(25(30)2)22-41(4,51)45(53)36-26(3)44(32)34(37-42(23-47,56-37)40(43)50)38(45)58-46(57-36,59-44)29-15-9-6-10-16-29/h5-18,24-26,28,30-32,34-38,40,47,50-53H,19-23H2,1-4H3/b17-11-,18-12-/t24-,25-,26+,28+,30-,31-,32+,34-,35-,36?,37?,38+,40+,41+,42-,43+,44-,45-,46-/m0/s1. The fourth-order valence-electron chi connectivity index (χ4n) is 13.3. The maximum absolute atomic E-state index is 13.7. The molecule has 4 aliphatic carbocycles. The number of fused-ring (bicyclic) bond motifs is 6. The highest BCUT2D eigenvalue weighted by Gasteiger charge is 2.91. The Hall–Kier alpha value is -3.50. The predicted octanol–water partition coefficient (Wildman–Crippen LogP) is 3.31. The number of hydrogen-bond acceptors (Lipinski definition) is 13. The molecule has 0 radical (unpaired) electrons. The summed E-state index contributed by atoms with van der Waals surface area (Å²) in [6, 6.07) is 17.7. The first-order chi connectivity index (χ1) is 28.1. The zero-order valence-corrected chi connectivity index (χ0v) is 33.6. The van der Waals surface area contributed by atoms with Crippen molar-refractivity contribution in [3.63, 3.8) is 0 Å². The van der Waals surface area contributed by atoms with Crippen molar-refractivity contribution < 1.29 is 63.5 Å². The van der Waals surface area contributed by atoms with Gasteiger partial charge in [0.2, 0.25) is 0 Å². The van der Waals surface area contributed by atoms with Crippen LogP contribution in [0.1, 0.15) is 69.3 Å². The lowest BCUT2D eigenvalue weighted by molar-refractivity contribution is -0.595. The molecule has 2 unspecified atom stereocenters. The maximum Gasteiger partial charge on any atom is 0.338 e. The number of rotatable bonds is 4. The molecule has 19 atom stereocenters. The average Bonchev–Trinajstić information content (AvgIpc) is 3.79. The highest BCUT2D eigenvalue weighted by molar-refractivity contribution is 5.89. The van der Waals surface area contributed by atoms with E-state index >= 15 is 0 Å². The molecule has 4 saturated carbocycles. The Labute approximate surface area is 342 Å². The fraction of sp³-hybridized carbons (Fsp3) is 0.609. The second-order valence-electron chi connectivity index (χ2n) is 19.0. The predicted molar refractivity (Wildman–Crippen MR) is 207 cm³/mol. The van der Waals surface area contributed by atoms with Crippen LogP contribution in [0.25, 0.3) is 0 Å². The Morgan fingerprint density at radius 2 is 1.58 bits per heavy atom. The molecule has 10 aliphatic rings. The highest BCUT2D eigenvalue weighted by Crippen LogP contribution is 2.75. The molecule has 12 rings (SSSR count). The van der Waals surface area contributed by atoms with Crippen molar-refractivity contribution in [2.75, 3.05) is 6.61 Å². The SMILES string of the molecule is C[C@H]1[C@@H]2CC[C@@H]1[C@@H](OC(=O)c1ccccc1)/C=C\C=C/C(=O)O[C@H]1[C@@H](C)C[C@@H]3[C@]1(O)[C@H](O)[C@@]1(CO)OC1[C@H]1[C@H]4O[C@]5(c6ccccc6)OC([C@@H](C)[C@]31O5)[C@@]4(O)[C@](C)(O)C2. The Balaban J connectivity index is 1.14. The van der Waals surface area contributed by atoms with E-state index in [1.807, 2.05) is 38.1 Å². The monoisotopic (exact) mass is 814 g/mol. The van der Waals surface area contributed by atoms with Crippen LogP contribution in [0.5, 0.6) is 0 Å². The van der Waals surface area contributed by atoms with Crippen LogP contribution in [0, 0.1) is 41.4 Å².